The van der Waals surface area contributed by atoms with Crippen LogP contribution < -0.4 is 9.62 Å². The first kappa shape index (κ1) is 20.4. The molecule has 3 aromatic rings. The number of halogens is 1. The lowest BCUT2D eigenvalue weighted by molar-refractivity contribution is -0.119. The molecule has 1 amide bonds. The minimum Gasteiger partial charge on any atom is -0.308 e. The van der Waals surface area contributed by atoms with Gasteiger partial charge in [-0.15, -0.1) is 0 Å². The summed E-state index contributed by atoms with van der Waals surface area (Å²) in [5.74, 6) is 0.0641. The van der Waals surface area contributed by atoms with Gasteiger partial charge >= 0.3 is 0 Å². The van der Waals surface area contributed by atoms with Crippen molar-refractivity contribution in [3.63, 3.8) is 0 Å². The number of hydrogen-bond acceptors (Lipinski definition) is 3. The Morgan fingerprint density at radius 3 is 2.53 bits per heavy atom. The zero-order valence-corrected chi connectivity index (χ0v) is 18.0. The molecule has 7 heteroatoms. The van der Waals surface area contributed by atoms with Gasteiger partial charge in [-0.25, -0.2) is 8.42 Å². The number of fused-ring (bicyclic) bond motifs is 1. The molecular weight excluding hydrogens is 420 g/mol. The van der Waals surface area contributed by atoms with Gasteiger partial charge in [0.1, 0.15) is 0 Å². The number of anilines is 2. The first-order valence-corrected chi connectivity index (χ1v) is 11.5. The van der Waals surface area contributed by atoms with Gasteiger partial charge in [0.15, 0.2) is 0 Å². The van der Waals surface area contributed by atoms with E-state index < -0.39 is 10.0 Å². The summed E-state index contributed by atoms with van der Waals surface area (Å²) in [4.78, 5) is 14.4. The third-order valence-corrected chi connectivity index (χ3v) is 7.16. The highest BCUT2D eigenvalue weighted by Crippen LogP contribution is 2.33. The number of nitrogens with one attached hydrogen (secondary N) is 1. The average Bonchev–Trinajstić information content (AvgIpc) is 2.72. The Balaban J connectivity index is 1.62. The fourth-order valence-corrected chi connectivity index (χ4v) is 5.20. The Labute approximate surface area is 181 Å². The van der Waals surface area contributed by atoms with Crippen molar-refractivity contribution < 1.29 is 13.2 Å². The van der Waals surface area contributed by atoms with Crippen LogP contribution in [-0.2, 0) is 27.8 Å². The molecule has 0 saturated heterocycles. The van der Waals surface area contributed by atoms with Gasteiger partial charge in [0.05, 0.1) is 11.4 Å². The van der Waals surface area contributed by atoms with E-state index in [1.165, 1.54) is 6.07 Å². The number of benzene rings is 3. The quantitative estimate of drug-likeness (QED) is 0.611. The Morgan fingerprint density at radius 1 is 1.00 bits per heavy atom. The van der Waals surface area contributed by atoms with Crippen LogP contribution >= 0.6 is 11.6 Å². The minimum absolute atomic E-state index is 0.0641. The van der Waals surface area contributed by atoms with Crippen LogP contribution in [0.1, 0.15) is 23.1 Å². The molecule has 0 bridgehead atoms. The highest BCUT2D eigenvalue weighted by molar-refractivity contribution is 7.92. The Kier molecular flexibility index (Phi) is 5.54. The molecule has 3 aromatic carbocycles. The molecule has 0 aromatic heterocycles. The summed E-state index contributed by atoms with van der Waals surface area (Å²) in [7, 11) is -3.78. The number of carbonyl (C=O) groups is 1. The molecule has 30 heavy (non-hydrogen) atoms. The Morgan fingerprint density at radius 2 is 1.77 bits per heavy atom. The van der Waals surface area contributed by atoms with Crippen molar-refractivity contribution in [1.29, 1.82) is 0 Å². The average molecular weight is 441 g/mol. The molecule has 0 fully saturated rings. The van der Waals surface area contributed by atoms with Crippen molar-refractivity contribution in [2.24, 2.45) is 0 Å². The normalized spacial score (nSPS) is 13.8. The molecule has 0 unspecified atom stereocenters. The summed E-state index contributed by atoms with van der Waals surface area (Å²) in [5, 5.41) is 0.401. The lowest BCUT2D eigenvalue weighted by Crippen LogP contribution is -2.34. The predicted molar refractivity (Wildman–Crippen MR) is 119 cm³/mol. The maximum atomic E-state index is 12.9. The van der Waals surface area contributed by atoms with Crippen molar-refractivity contribution in [2.75, 3.05) is 9.62 Å². The standard InChI is InChI=1S/C23H21ClN2O3S/c1-16-20(24)8-5-9-22(16)30(28,29)25-19-11-12-21-18(14-19)10-13-23(27)26(21)15-17-6-3-2-4-7-17/h2-9,11-12,14,25H,10,13,15H2,1H3. The molecule has 0 spiro atoms. The van der Waals surface area contributed by atoms with Crippen molar-refractivity contribution in [3.8, 4) is 0 Å². The lowest BCUT2D eigenvalue weighted by Gasteiger charge is -2.30. The molecule has 0 saturated carbocycles. The van der Waals surface area contributed by atoms with Crippen LogP contribution in [0.15, 0.2) is 71.6 Å². The van der Waals surface area contributed by atoms with Crippen LogP contribution in [0.25, 0.3) is 0 Å². The lowest BCUT2D eigenvalue weighted by atomic mass is 10.00. The molecule has 4 rings (SSSR count). The first-order valence-electron chi connectivity index (χ1n) is 9.60. The van der Waals surface area contributed by atoms with E-state index in [1.807, 2.05) is 30.3 Å². The second-order valence-corrected chi connectivity index (χ2v) is 9.34. The van der Waals surface area contributed by atoms with Gasteiger partial charge in [0, 0.05) is 22.8 Å². The second-order valence-electron chi connectivity index (χ2n) is 7.28. The van der Waals surface area contributed by atoms with E-state index in [0.29, 0.717) is 35.7 Å². The number of aryl methyl sites for hydroxylation is 1. The summed E-state index contributed by atoms with van der Waals surface area (Å²) < 4.78 is 28.4. The van der Waals surface area contributed by atoms with E-state index in [-0.39, 0.29) is 10.8 Å². The van der Waals surface area contributed by atoms with Crippen molar-refractivity contribution in [3.05, 3.63) is 88.4 Å². The Bertz CT molecular complexity index is 1210. The third-order valence-electron chi connectivity index (χ3n) is 5.22. The number of sulfonamides is 1. The van der Waals surface area contributed by atoms with E-state index in [2.05, 4.69) is 4.72 Å². The largest absolute Gasteiger partial charge is 0.308 e. The molecule has 5 nitrogen and oxygen atoms in total. The number of amides is 1. The number of hydrogen-bond donors (Lipinski definition) is 1. The van der Waals surface area contributed by atoms with Gasteiger partial charge in [0.2, 0.25) is 5.91 Å². The van der Waals surface area contributed by atoms with Crippen LogP contribution in [0.3, 0.4) is 0 Å². The van der Waals surface area contributed by atoms with Gasteiger partial charge in [-0.05, 0) is 60.4 Å². The molecule has 1 aliphatic rings. The van der Waals surface area contributed by atoms with Crippen molar-refractivity contribution in [2.45, 2.75) is 31.2 Å². The fraction of sp³-hybridized carbons (Fsp3) is 0.174. The monoisotopic (exact) mass is 440 g/mol. The summed E-state index contributed by atoms with van der Waals surface area (Å²) >= 11 is 6.08. The van der Waals surface area contributed by atoms with Gasteiger partial charge in [-0.3, -0.25) is 9.52 Å². The maximum absolute atomic E-state index is 12.9. The molecule has 0 radical (unpaired) electrons. The van der Waals surface area contributed by atoms with E-state index in [1.54, 1.807) is 42.2 Å². The van der Waals surface area contributed by atoms with Crippen LogP contribution in [0.4, 0.5) is 11.4 Å². The SMILES string of the molecule is Cc1c(Cl)cccc1S(=O)(=O)Nc1ccc2c(c1)CCC(=O)N2Cc1ccccc1. The van der Waals surface area contributed by atoms with Gasteiger partial charge in [0.25, 0.3) is 10.0 Å². The highest BCUT2D eigenvalue weighted by atomic mass is 35.5. The van der Waals surface area contributed by atoms with Gasteiger partial charge < -0.3 is 4.90 Å². The zero-order chi connectivity index (χ0) is 21.3. The molecule has 1 aliphatic heterocycles. The van der Waals surface area contributed by atoms with Crippen LogP contribution in [0, 0.1) is 6.92 Å². The van der Waals surface area contributed by atoms with Crippen molar-refractivity contribution in [1.82, 2.24) is 0 Å². The molecule has 1 N–H and O–H groups in total. The molecule has 0 atom stereocenters. The highest BCUT2D eigenvalue weighted by Gasteiger charge is 2.25. The molecule has 0 aliphatic carbocycles. The zero-order valence-electron chi connectivity index (χ0n) is 16.4. The number of carbonyl (C=O) groups excluding carboxylic acids is 1. The van der Waals surface area contributed by atoms with E-state index in [4.69, 9.17) is 11.6 Å². The topological polar surface area (TPSA) is 66.5 Å². The summed E-state index contributed by atoms with van der Waals surface area (Å²) in [5.41, 5.74) is 3.76. The van der Waals surface area contributed by atoms with Crippen LogP contribution in [-0.4, -0.2) is 14.3 Å². The van der Waals surface area contributed by atoms with Crippen LogP contribution in [0.5, 0.6) is 0 Å². The van der Waals surface area contributed by atoms with E-state index in [0.717, 1.165) is 16.8 Å². The smallest absolute Gasteiger partial charge is 0.262 e. The van der Waals surface area contributed by atoms with Gasteiger partial charge in [-0.2, -0.15) is 0 Å². The van der Waals surface area contributed by atoms with Crippen molar-refractivity contribution >= 4 is 38.9 Å². The molecular formula is C23H21ClN2O3S. The first-order chi connectivity index (χ1) is 14.3. The number of nitrogens with zero attached hydrogens (tertiary/aromatic N) is 1. The maximum Gasteiger partial charge on any atom is 0.262 e. The summed E-state index contributed by atoms with van der Waals surface area (Å²) in [6, 6.07) is 19.9. The second kappa shape index (κ2) is 8.13. The third kappa shape index (κ3) is 4.06. The number of rotatable bonds is 5. The molecule has 154 valence electrons. The minimum atomic E-state index is -3.78. The summed E-state index contributed by atoms with van der Waals surface area (Å²) in [6.07, 6.45) is 0.967. The van der Waals surface area contributed by atoms with Gasteiger partial charge in [-0.1, -0.05) is 48.0 Å². The fourth-order valence-electron chi connectivity index (χ4n) is 3.65. The van der Waals surface area contributed by atoms with Crippen LogP contribution in [0.2, 0.25) is 5.02 Å². The predicted octanol–water partition coefficient (Wildman–Crippen LogP) is 4.93. The Hall–Kier alpha value is -2.83. The molecule has 1 heterocycles. The van der Waals surface area contributed by atoms with E-state index in [9.17, 15) is 13.2 Å². The summed E-state index contributed by atoms with van der Waals surface area (Å²) in [6.45, 7) is 2.16. The van der Waals surface area contributed by atoms with E-state index >= 15 is 0 Å².